The molecule has 16 nitrogen and oxygen atoms in total. The number of benzene rings is 1. The molecule has 8 N–H and O–H groups in total. The minimum absolute atomic E-state index is 0.00770. The second-order valence-corrected chi connectivity index (χ2v) is 10.3. The highest BCUT2D eigenvalue weighted by Crippen LogP contribution is 2.47. The first-order chi connectivity index (χ1) is 16.0. The molecule has 0 aliphatic carbocycles. The zero-order valence-corrected chi connectivity index (χ0v) is 19.9. The van der Waals surface area contributed by atoms with Crippen molar-refractivity contribution < 1.29 is 47.2 Å². The van der Waals surface area contributed by atoms with Gasteiger partial charge >= 0.3 is 23.8 Å². The number of aliphatic hydroxyl groups is 3. The van der Waals surface area contributed by atoms with Crippen molar-refractivity contribution in [2.45, 2.75) is 32.2 Å². The summed E-state index contributed by atoms with van der Waals surface area (Å²) in [6.45, 7) is 1.59. The summed E-state index contributed by atoms with van der Waals surface area (Å²) in [5, 5.41) is 30.8. The molecule has 0 radical (unpaired) electrons. The van der Waals surface area contributed by atoms with Crippen molar-refractivity contribution in [3.63, 3.8) is 0 Å². The van der Waals surface area contributed by atoms with Gasteiger partial charge < -0.3 is 30.0 Å². The van der Waals surface area contributed by atoms with E-state index in [2.05, 4.69) is 9.51 Å². The van der Waals surface area contributed by atoms with Gasteiger partial charge in [0.05, 0.1) is 24.5 Å². The third-order valence-corrected chi connectivity index (χ3v) is 6.60. The third-order valence-electron chi connectivity index (χ3n) is 5.27. The number of nitrogens with one attached hydrogen (secondary N) is 2. The lowest BCUT2D eigenvalue weighted by Gasteiger charge is -2.39. The summed E-state index contributed by atoms with van der Waals surface area (Å²) in [7, 11) is -10.1. The Morgan fingerprint density at radius 2 is 1.60 bits per heavy atom. The number of phosphoric acid groups is 1. The molecule has 0 bridgehead atoms. The Bertz CT molecular complexity index is 1400. The number of rotatable bonds is 8. The number of H-pyrrole nitrogens is 2. The van der Waals surface area contributed by atoms with Gasteiger partial charge in [-0.15, -0.1) is 0 Å². The maximum atomic E-state index is 12.6. The number of β-amino-alcohol motifs (C(OH)–C–C–N with tert-alkyl or cyclic N) is 1. The predicted molar refractivity (Wildman–Crippen MR) is 120 cm³/mol. The van der Waals surface area contributed by atoms with Crippen molar-refractivity contribution in [2.75, 3.05) is 22.4 Å². The summed E-state index contributed by atoms with van der Waals surface area (Å²) in [6, 6.07) is 2.78. The van der Waals surface area contributed by atoms with Gasteiger partial charge in [0.2, 0.25) is 0 Å². The smallest absolute Gasteiger partial charge is 0.388 e. The van der Waals surface area contributed by atoms with Gasteiger partial charge in [0.25, 0.3) is 5.56 Å². The van der Waals surface area contributed by atoms with Crippen LogP contribution in [-0.2, 0) is 19.4 Å². The van der Waals surface area contributed by atoms with E-state index in [0.29, 0.717) is 15.4 Å². The van der Waals surface area contributed by atoms with Gasteiger partial charge in [-0.05, 0) is 37.1 Å². The highest BCUT2D eigenvalue weighted by molar-refractivity contribution is 7.87. The lowest BCUT2D eigenvalue weighted by atomic mass is 10.0. The number of hydrogen-bond acceptors (Lipinski definition) is 10. The first-order valence-electron chi connectivity index (χ1n) is 9.78. The van der Waals surface area contributed by atoms with Crippen molar-refractivity contribution in [3.05, 3.63) is 44.1 Å². The minimum Gasteiger partial charge on any atom is -0.388 e. The highest BCUT2D eigenvalue weighted by Gasteiger charge is 2.40. The molecule has 18 heteroatoms. The number of aliphatic hydroxyl groups excluding tert-OH is 3. The number of phosphoric ester groups is 1. The van der Waals surface area contributed by atoms with Crippen molar-refractivity contribution >= 4 is 41.0 Å². The fourth-order valence-corrected chi connectivity index (χ4v) is 4.65. The maximum absolute atomic E-state index is 12.6. The summed E-state index contributed by atoms with van der Waals surface area (Å²) in [6.07, 6.45) is -5.88. The number of aromatic nitrogens is 2. The van der Waals surface area contributed by atoms with Crippen molar-refractivity contribution in [1.82, 2.24) is 9.97 Å². The predicted octanol–water partition coefficient (Wildman–Crippen LogP) is -1.74. The van der Waals surface area contributed by atoms with E-state index < -0.39 is 72.3 Å². The topological polar surface area (TPSA) is 254 Å². The molecule has 0 amide bonds. The first kappa shape index (κ1) is 27.0. The number of anilines is 4. The molecule has 2 heterocycles. The lowest BCUT2D eigenvalue weighted by molar-refractivity contribution is -0.0717. The summed E-state index contributed by atoms with van der Waals surface area (Å²) in [5.74, 6) is -0.459. The van der Waals surface area contributed by atoms with Crippen LogP contribution < -0.4 is 20.5 Å². The second-order valence-electron chi connectivity index (χ2n) is 7.80. The number of hydrogen-bond donors (Lipinski definition) is 8. The van der Waals surface area contributed by atoms with E-state index in [9.17, 15) is 42.4 Å². The Labute approximate surface area is 197 Å². The molecule has 194 valence electrons. The molecule has 35 heavy (non-hydrogen) atoms. The third kappa shape index (κ3) is 5.64. The molecule has 1 aromatic carbocycles. The standard InChI is InChI=1S/C17H23N4O12PS/c1-7-3-9-10(4-8(7)2)21(35(30,31)32)13-15(18-17(26)19-16(13)25)20(9)5-11(22)14(24)12(23)6-33-34(27,28)29/h3-4,11-12,14,22-24H,5-6H2,1-2H3,(H2,27,28,29)(H,30,31,32)(H2,18,19,25,26)/t11-,12+,14-/m0/s1. The summed E-state index contributed by atoms with van der Waals surface area (Å²) in [5.41, 5.74) is -2.00. The molecule has 3 rings (SSSR count). The molecule has 0 unspecified atom stereocenters. The van der Waals surface area contributed by atoms with Gasteiger partial charge in [0, 0.05) is 0 Å². The highest BCUT2D eigenvalue weighted by atomic mass is 32.2. The first-order valence-corrected chi connectivity index (χ1v) is 12.7. The molecule has 1 aliphatic rings. The molecular weight excluding hydrogens is 515 g/mol. The van der Waals surface area contributed by atoms with E-state index in [-0.39, 0.29) is 11.4 Å². The molecule has 2 aromatic rings. The van der Waals surface area contributed by atoms with Crippen LogP contribution in [0.4, 0.5) is 22.9 Å². The Morgan fingerprint density at radius 3 is 2.14 bits per heavy atom. The number of aryl methyl sites for hydroxylation is 2. The Kier molecular flexibility index (Phi) is 7.29. The summed E-state index contributed by atoms with van der Waals surface area (Å²) in [4.78, 5) is 47.2. The van der Waals surface area contributed by atoms with Crippen molar-refractivity contribution in [2.24, 2.45) is 0 Å². The van der Waals surface area contributed by atoms with E-state index >= 15 is 0 Å². The largest absolute Gasteiger partial charge is 0.469 e. The number of aromatic amines is 2. The Balaban J connectivity index is 2.12. The van der Waals surface area contributed by atoms with Crippen LogP contribution in [0.15, 0.2) is 21.7 Å². The van der Waals surface area contributed by atoms with Crippen LogP contribution in [0.2, 0.25) is 0 Å². The van der Waals surface area contributed by atoms with E-state index in [1.165, 1.54) is 12.1 Å². The average molecular weight is 538 g/mol. The van der Waals surface area contributed by atoms with Crippen molar-refractivity contribution in [1.29, 1.82) is 0 Å². The minimum atomic E-state index is -5.10. The SMILES string of the molecule is Cc1cc2c(cc1C)N(S(=O)(=O)O)c1c([nH]c(=O)[nH]c1=O)N2C[C@H](O)[C@H](O)[C@H](O)COP(=O)(O)O. The fourth-order valence-electron chi connectivity index (χ4n) is 3.51. The normalized spacial score (nSPS) is 16.5. The zero-order chi connectivity index (χ0) is 26.5. The van der Waals surface area contributed by atoms with E-state index in [1.54, 1.807) is 13.8 Å². The van der Waals surface area contributed by atoms with E-state index in [4.69, 9.17) is 9.79 Å². The maximum Gasteiger partial charge on any atom is 0.469 e. The number of fused-ring (bicyclic) bond motifs is 2. The van der Waals surface area contributed by atoms with Gasteiger partial charge in [-0.1, -0.05) is 0 Å². The van der Waals surface area contributed by atoms with Crippen LogP contribution in [0.25, 0.3) is 0 Å². The summed E-state index contributed by atoms with van der Waals surface area (Å²) < 4.78 is 49.6. The van der Waals surface area contributed by atoms with Gasteiger partial charge in [0.1, 0.15) is 24.1 Å². The molecule has 1 aliphatic heterocycles. The van der Waals surface area contributed by atoms with E-state index in [0.717, 1.165) is 4.90 Å². The van der Waals surface area contributed by atoms with Crippen LogP contribution >= 0.6 is 7.82 Å². The van der Waals surface area contributed by atoms with Crippen LogP contribution in [0.3, 0.4) is 0 Å². The molecule has 0 fully saturated rings. The Hall–Kier alpha value is -2.60. The Morgan fingerprint density at radius 1 is 1.03 bits per heavy atom. The second kappa shape index (κ2) is 9.45. The molecule has 3 atom stereocenters. The van der Waals surface area contributed by atoms with Gasteiger partial charge in [0.15, 0.2) is 5.69 Å². The summed E-state index contributed by atoms with van der Waals surface area (Å²) >= 11 is 0. The zero-order valence-electron chi connectivity index (χ0n) is 18.2. The fraction of sp³-hybridized carbons (Fsp3) is 0.412. The molecule has 0 saturated carbocycles. The van der Waals surface area contributed by atoms with Crippen LogP contribution in [-0.4, -0.2) is 79.5 Å². The average Bonchev–Trinajstić information content (AvgIpc) is 2.71. The molecule has 0 saturated heterocycles. The lowest BCUT2D eigenvalue weighted by Crippen LogP contribution is -2.48. The van der Waals surface area contributed by atoms with Gasteiger partial charge in [-0.25, -0.2) is 13.7 Å². The quantitative estimate of drug-likeness (QED) is 0.137. The molecular formula is C17H23N4O12PS. The van der Waals surface area contributed by atoms with E-state index in [1.807, 2.05) is 4.98 Å². The van der Waals surface area contributed by atoms with Crippen LogP contribution in [0, 0.1) is 13.8 Å². The molecule has 1 aromatic heterocycles. The van der Waals surface area contributed by atoms with Crippen LogP contribution in [0.5, 0.6) is 0 Å². The van der Waals surface area contributed by atoms with Gasteiger partial charge in [-0.2, -0.15) is 8.42 Å². The molecule has 0 spiro atoms. The van der Waals surface area contributed by atoms with Gasteiger partial charge in [-0.3, -0.25) is 23.8 Å². The number of nitrogens with zero attached hydrogens (tertiary/aromatic N) is 2. The monoisotopic (exact) mass is 538 g/mol. The van der Waals surface area contributed by atoms with Crippen LogP contribution in [0.1, 0.15) is 11.1 Å². The van der Waals surface area contributed by atoms with Crippen molar-refractivity contribution in [3.8, 4) is 0 Å².